The van der Waals surface area contributed by atoms with Gasteiger partial charge in [0.15, 0.2) is 5.03 Å². The van der Waals surface area contributed by atoms with E-state index in [9.17, 15) is 12.8 Å². The molecule has 1 atom stereocenters. The van der Waals surface area contributed by atoms with Gasteiger partial charge in [0, 0.05) is 37.1 Å². The molecular formula is C19H21FN6O2S. The van der Waals surface area contributed by atoms with Gasteiger partial charge in [0.25, 0.3) is 10.0 Å². The fraction of sp³-hybridized carbons (Fsp3) is 0.316. The average Bonchev–Trinajstić information content (AvgIpc) is 3.16. The Morgan fingerprint density at radius 1 is 1.17 bits per heavy atom. The van der Waals surface area contributed by atoms with Crippen LogP contribution in [0.15, 0.2) is 48.0 Å². The lowest BCUT2D eigenvalue weighted by Crippen LogP contribution is -2.39. The summed E-state index contributed by atoms with van der Waals surface area (Å²) < 4.78 is 44.0. The number of nitrogens with two attached hydrogens (primary N) is 1. The van der Waals surface area contributed by atoms with Crippen LogP contribution in [0.5, 0.6) is 0 Å². The molecule has 152 valence electrons. The van der Waals surface area contributed by atoms with Crippen LogP contribution < -0.4 is 5.73 Å². The maximum Gasteiger partial charge on any atom is 0.262 e. The fourth-order valence-corrected chi connectivity index (χ4v) is 5.29. The molecule has 0 saturated carbocycles. The summed E-state index contributed by atoms with van der Waals surface area (Å²) in [6.45, 7) is 0.324. The Hall–Kier alpha value is -2.85. The Labute approximate surface area is 168 Å². The third kappa shape index (κ3) is 3.60. The van der Waals surface area contributed by atoms with Gasteiger partial charge in [-0.05, 0) is 18.9 Å². The number of hydrogen-bond donors (Lipinski definition) is 1. The van der Waals surface area contributed by atoms with Gasteiger partial charge in [0.05, 0.1) is 18.1 Å². The quantitative estimate of drug-likeness (QED) is 0.700. The van der Waals surface area contributed by atoms with E-state index in [2.05, 4.69) is 15.0 Å². The maximum atomic E-state index is 14.5. The van der Waals surface area contributed by atoms with Gasteiger partial charge in [-0.3, -0.25) is 0 Å². The van der Waals surface area contributed by atoms with Crippen molar-refractivity contribution < 1.29 is 12.8 Å². The molecule has 3 heterocycles. The predicted octanol–water partition coefficient (Wildman–Crippen LogP) is 2.51. The summed E-state index contributed by atoms with van der Waals surface area (Å²) in [5.74, 6) is -0.419. The SMILES string of the molecule is Cn1cnc(S(=O)(=O)N2CCCC[C@@H]2c2nc(N)ncc2-c2ccccc2F)c1. The van der Waals surface area contributed by atoms with E-state index in [0.29, 0.717) is 29.8 Å². The van der Waals surface area contributed by atoms with Gasteiger partial charge in [0.2, 0.25) is 5.95 Å². The molecular weight excluding hydrogens is 395 g/mol. The second kappa shape index (κ2) is 7.53. The Morgan fingerprint density at radius 2 is 1.97 bits per heavy atom. The molecule has 8 nitrogen and oxygen atoms in total. The molecule has 29 heavy (non-hydrogen) atoms. The molecule has 1 fully saturated rings. The van der Waals surface area contributed by atoms with Crippen molar-refractivity contribution in [1.29, 1.82) is 0 Å². The van der Waals surface area contributed by atoms with Gasteiger partial charge < -0.3 is 10.3 Å². The summed E-state index contributed by atoms with van der Waals surface area (Å²) in [6.07, 6.45) is 6.45. The molecule has 0 spiro atoms. The highest BCUT2D eigenvalue weighted by Gasteiger charge is 2.38. The molecule has 0 aliphatic carbocycles. The zero-order valence-electron chi connectivity index (χ0n) is 15.9. The van der Waals surface area contributed by atoms with Crippen LogP contribution in [0.1, 0.15) is 31.0 Å². The predicted molar refractivity (Wildman–Crippen MR) is 106 cm³/mol. The lowest BCUT2D eigenvalue weighted by molar-refractivity contribution is 0.251. The van der Waals surface area contributed by atoms with Crippen LogP contribution in [-0.2, 0) is 17.1 Å². The number of aryl methyl sites for hydroxylation is 1. The summed E-state index contributed by atoms with van der Waals surface area (Å²) >= 11 is 0. The van der Waals surface area contributed by atoms with Crippen molar-refractivity contribution in [1.82, 2.24) is 23.8 Å². The first-order valence-electron chi connectivity index (χ1n) is 9.25. The first kappa shape index (κ1) is 19.5. The number of benzene rings is 1. The molecule has 1 aliphatic rings. The zero-order valence-corrected chi connectivity index (χ0v) is 16.7. The molecule has 0 bridgehead atoms. The summed E-state index contributed by atoms with van der Waals surface area (Å²) in [7, 11) is -2.14. The van der Waals surface area contributed by atoms with Crippen LogP contribution in [-0.4, -0.2) is 38.8 Å². The lowest BCUT2D eigenvalue weighted by atomic mass is 9.95. The molecule has 2 aromatic heterocycles. The van der Waals surface area contributed by atoms with Crippen LogP contribution in [0.3, 0.4) is 0 Å². The Kier molecular flexibility index (Phi) is 5.05. The summed E-state index contributed by atoms with van der Waals surface area (Å²) in [4.78, 5) is 12.4. The first-order valence-corrected chi connectivity index (χ1v) is 10.7. The second-order valence-corrected chi connectivity index (χ2v) is 8.85. The molecule has 1 aromatic carbocycles. The summed E-state index contributed by atoms with van der Waals surface area (Å²) in [5, 5.41) is -0.0265. The van der Waals surface area contributed by atoms with E-state index in [1.165, 1.54) is 29.1 Å². The van der Waals surface area contributed by atoms with Crippen LogP contribution in [0, 0.1) is 5.82 Å². The normalized spacial score (nSPS) is 18.1. The fourth-order valence-electron chi connectivity index (χ4n) is 3.66. The average molecular weight is 416 g/mol. The van der Waals surface area contributed by atoms with Crippen molar-refractivity contribution in [3.63, 3.8) is 0 Å². The van der Waals surface area contributed by atoms with E-state index in [0.717, 1.165) is 12.8 Å². The Balaban J connectivity index is 1.84. The highest BCUT2D eigenvalue weighted by atomic mass is 32.2. The van der Waals surface area contributed by atoms with Crippen LogP contribution >= 0.6 is 0 Å². The first-order chi connectivity index (χ1) is 13.9. The van der Waals surface area contributed by atoms with Crippen molar-refractivity contribution in [2.45, 2.75) is 30.3 Å². The van der Waals surface area contributed by atoms with Crippen molar-refractivity contribution >= 4 is 16.0 Å². The number of halogens is 1. The lowest BCUT2D eigenvalue weighted by Gasteiger charge is -2.34. The third-order valence-corrected chi connectivity index (χ3v) is 6.82. The molecule has 0 amide bonds. The molecule has 4 rings (SSSR count). The highest BCUT2D eigenvalue weighted by Crippen LogP contribution is 2.39. The number of rotatable bonds is 4. The number of sulfonamides is 1. The van der Waals surface area contributed by atoms with Crippen LogP contribution in [0.25, 0.3) is 11.1 Å². The number of nitrogen functional groups attached to an aromatic ring is 1. The Bertz CT molecular complexity index is 1150. The highest BCUT2D eigenvalue weighted by molar-refractivity contribution is 7.89. The third-order valence-electron chi connectivity index (χ3n) is 5.02. The van der Waals surface area contributed by atoms with Crippen molar-refractivity contribution in [3.8, 4) is 11.1 Å². The number of imidazole rings is 1. The van der Waals surface area contributed by atoms with Crippen molar-refractivity contribution in [2.75, 3.05) is 12.3 Å². The molecule has 1 aliphatic heterocycles. The van der Waals surface area contributed by atoms with E-state index in [1.807, 2.05) is 0 Å². The molecule has 1 saturated heterocycles. The largest absolute Gasteiger partial charge is 0.368 e. The smallest absolute Gasteiger partial charge is 0.262 e. The number of hydrogen-bond acceptors (Lipinski definition) is 6. The van der Waals surface area contributed by atoms with Crippen LogP contribution in [0.2, 0.25) is 0 Å². The molecule has 2 N–H and O–H groups in total. The molecule has 0 unspecified atom stereocenters. The van der Waals surface area contributed by atoms with Gasteiger partial charge >= 0.3 is 0 Å². The van der Waals surface area contributed by atoms with E-state index >= 15 is 0 Å². The van der Waals surface area contributed by atoms with Gasteiger partial charge in [-0.2, -0.15) is 4.31 Å². The number of piperidine rings is 1. The van der Waals surface area contributed by atoms with E-state index in [-0.39, 0.29) is 11.0 Å². The standard InChI is InChI=1S/C19H21FN6O2S/c1-25-11-17(23-12-25)29(27,28)26-9-5-4-8-16(26)18-14(10-22-19(21)24-18)13-6-2-3-7-15(13)20/h2-3,6-7,10-12,16H,4-5,8-9H2,1H3,(H2,21,22,24)/t16-/m1/s1. The summed E-state index contributed by atoms with van der Waals surface area (Å²) in [6, 6.07) is 5.68. The molecule has 0 radical (unpaired) electrons. The van der Waals surface area contributed by atoms with Gasteiger partial charge in [0.1, 0.15) is 5.82 Å². The second-order valence-electron chi connectivity index (χ2n) is 7.01. The molecule has 10 heteroatoms. The number of anilines is 1. The maximum absolute atomic E-state index is 14.5. The monoisotopic (exact) mass is 416 g/mol. The topological polar surface area (TPSA) is 107 Å². The summed E-state index contributed by atoms with van der Waals surface area (Å²) in [5.41, 5.74) is 6.97. The van der Waals surface area contributed by atoms with E-state index in [4.69, 9.17) is 5.73 Å². The minimum Gasteiger partial charge on any atom is -0.368 e. The van der Waals surface area contributed by atoms with Crippen LogP contribution in [0.4, 0.5) is 10.3 Å². The minimum atomic E-state index is -3.85. The van der Waals surface area contributed by atoms with E-state index < -0.39 is 21.9 Å². The zero-order chi connectivity index (χ0) is 20.6. The van der Waals surface area contributed by atoms with Crippen molar-refractivity contribution in [3.05, 3.63) is 54.5 Å². The van der Waals surface area contributed by atoms with Gasteiger partial charge in [-0.1, -0.05) is 24.6 Å². The van der Waals surface area contributed by atoms with Gasteiger partial charge in [-0.25, -0.2) is 27.8 Å². The Morgan fingerprint density at radius 3 is 2.69 bits per heavy atom. The van der Waals surface area contributed by atoms with E-state index in [1.54, 1.807) is 29.8 Å². The minimum absolute atomic E-state index is 0.0147. The van der Waals surface area contributed by atoms with Gasteiger partial charge in [-0.15, -0.1) is 0 Å². The molecule has 3 aromatic rings. The number of nitrogens with zero attached hydrogens (tertiary/aromatic N) is 5. The van der Waals surface area contributed by atoms with Crippen molar-refractivity contribution in [2.24, 2.45) is 7.05 Å². The number of aromatic nitrogens is 4.